The predicted molar refractivity (Wildman–Crippen MR) is 78.5 cm³/mol. The Morgan fingerprint density at radius 1 is 1.20 bits per heavy atom. The van der Waals surface area contributed by atoms with Gasteiger partial charge in [-0.2, -0.15) is 0 Å². The minimum Gasteiger partial charge on any atom is -0.329 e. The molecule has 1 N–H and O–H groups in total. The highest BCUT2D eigenvalue weighted by Gasteiger charge is 2.25. The van der Waals surface area contributed by atoms with E-state index in [1.807, 2.05) is 6.07 Å². The summed E-state index contributed by atoms with van der Waals surface area (Å²) in [4.78, 5) is 9.11. The minimum absolute atomic E-state index is 0.291. The Balaban J connectivity index is 1.90. The number of aryl methyl sites for hydroxylation is 1. The molecule has 0 spiro atoms. The van der Waals surface area contributed by atoms with Gasteiger partial charge in [-0.1, -0.05) is 24.3 Å². The van der Waals surface area contributed by atoms with Crippen molar-refractivity contribution in [1.82, 2.24) is 19.9 Å². The van der Waals surface area contributed by atoms with Crippen LogP contribution in [-0.4, -0.2) is 21.1 Å². The van der Waals surface area contributed by atoms with E-state index in [1.165, 1.54) is 11.1 Å². The molecule has 1 unspecified atom stereocenters. The molecule has 0 bridgehead atoms. The average molecular weight is 264 g/mol. The van der Waals surface area contributed by atoms with Gasteiger partial charge in [-0.15, -0.1) is 0 Å². The second-order valence-electron chi connectivity index (χ2n) is 5.26. The maximum Gasteiger partial charge on any atom is 0.177 e. The van der Waals surface area contributed by atoms with E-state index in [4.69, 9.17) is 4.98 Å². The standard InChI is InChI=1S/C16H16N4/c1-20-14-7-4-8-18-15(14)19-16(20)13-10-17-9-11-5-2-3-6-12(11)13/h2-8,13,17H,9-10H2,1H3. The largest absolute Gasteiger partial charge is 0.329 e. The lowest BCUT2D eigenvalue weighted by Gasteiger charge is -2.25. The number of pyridine rings is 1. The second-order valence-corrected chi connectivity index (χ2v) is 5.26. The third kappa shape index (κ3) is 1.65. The molecule has 4 nitrogen and oxygen atoms in total. The van der Waals surface area contributed by atoms with Crippen LogP contribution in [0.2, 0.25) is 0 Å². The van der Waals surface area contributed by atoms with Crippen molar-refractivity contribution < 1.29 is 0 Å². The van der Waals surface area contributed by atoms with Crippen molar-refractivity contribution in [3.8, 4) is 0 Å². The van der Waals surface area contributed by atoms with Gasteiger partial charge in [0.2, 0.25) is 0 Å². The maximum absolute atomic E-state index is 4.75. The first-order valence-electron chi connectivity index (χ1n) is 6.90. The van der Waals surface area contributed by atoms with Crippen LogP contribution in [0.15, 0.2) is 42.6 Å². The highest BCUT2D eigenvalue weighted by molar-refractivity contribution is 5.71. The lowest BCUT2D eigenvalue weighted by Crippen LogP contribution is -2.30. The van der Waals surface area contributed by atoms with Gasteiger partial charge in [-0.25, -0.2) is 9.97 Å². The molecule has 0 aliphatic carbocycles. The van der Waals surface area contributed by atoms with Crippen molar-refractivity contribution in [2.24, 2.45) is 7.05 Å². The molecule has 1 aliphatic rings. The highest BCUT2D eigenvalue weighted by Crippen LogP contribution is 2.30. The van der Waals surface area contributed by atoms with Crippen molar-refractivity contribution in [3.63, 3.8) is 0 Å². The van der Waals surface area contributed by atoms with Gasteiger partial charge in [-0.05, 0) is 23.3 Å². The number of imidazole rings is 1. The Morgan fingerprint density at radius 2 is 2.10 bits per heavy atom. The Hall–Kier alpha value is -2.20. The van der Waals surface area contributed by atoms with Crippen LogP contribution in [0.3, 0.4) is 0 Å². The van der Waals surface area contributed by atoms with Crippen LogP contribution in [-0.2, 0) is 13.6 Å². The number of aromatic nitrogens is 3. The summed E-state index contributed by atoms with van der Waals surface area (Å²) in [6, 6.07) is 12.6. The van der Waals surface area contributed by atoms with Gasteiger partial charge >= 0.3 is 0 Å². The SMILES string of the molecule is Cn1c(C2CNCc3ccccc32)nc2ncccc21. The molecule has 0 fully saturated rings. The van der Waals surface area contributed by atoms with E-state index < -0.39 is 0 Å². The van der Waals surface area contributed by atoms with E-state index in [0.29, 0.717) is 5.92 Å². The van der Waals surface area contributed by atoms with Crippen LogP contribution < -0.4 is 5.32 Å². The van der Waals surface area contributed by atoms with E-state index in [1.54, 1.807) is 6.20 Å². The van der Waals surface area contributed by atoms with E-state index >= 15 is 0 Å². The summed E-state index contributed by atoms with van der Waals surface area (Å²) in [5.41, 5.74) is 4.66. The summed E-state index contributed by atoms with van der Waals surface area (Å²) in [5.74, 6) is 1.37. The van der Waals surface area contributed by atoms with Crippen LogP contribution in [0.5, 0.6) is 0 Å². The molecule has 0 radical (unpaired) electrons. The van der Waals surface area contributed by atoms with Gasteiger partial charge in [-0.3, -0.25) is 0 Å². The zero-order chi connectivity index (χ0) is 13.5. The fraction of sp³-hybridized carbons (Fsp3) is 0.250. The number of fused-ring (bicyclic) bond motifs is 2. The molecule has 100 valence electrons. The zero-order valence-corrected chi connectivity index (χ0v) is 11.4. The van der Waals surface area contributed by atoms with Crippen LogP contribution in [0, 0.1) is 0 Å². The number of nitrogens with one attached hydrogen (secondary N) is 1. The summed E-state index contributed by atoms with van der Waals surface area (Å²) in [6.45, 7) is 1.86. The summed E-state index contributed by atoms with van der Waals surface area (Å²) in [7, 11) is 2.07. The molecule has 1 atom stereocenters. The van der Waals surface area contributed by atoms with Gasteiger partial charge in [0.05, 0.1) is 11.4 Å². The number of nitrogens with zero attached hydrogens (tertiary/aromatic N) is 3. The molecular formula is C16H16N4. The van der Waals surface area contributed by atoms with E-state index in [2.05, 4.69) is 52.2 Å². The zero-order valence-electron chi connectivity index (χ0n) is 11.4. The number of rotatable bonds is 1. The van der Waals surface area contributed by atoms with Crippen molar-refractivity contribution >= 4 is 11.2 Å². The molecule has 0 saturated carbocycles. The topological polar surface area (TPSA) is 42.7 Å². The first-order valence-corrected chi connectivity index (χ1v) is 6.90. The summed E-state index contributed by atoms with van der Waals surface area (Å²) in [5, 5.41) is 3.49. The molecule has 2 aromatic heterocycles. The minimum atomic E-state index is 0.291. The van der Waals surface area contributed by atoms with Crippen molar-refractivity contribution in [3.05, 3.63) is 59.5 Å². The van der Waals surface area contributed by atoms with Crippen molar-refractivity contribution in [2.75, 3.05) is 6.54 Å². The van der Waals surface area contributed by atoms with Crippen LogP contribution in [0.4, 0.5) is 0 Å². The average Bonchev–Trinajstić information content (AvgIpc) is 2.84. The second kappa shape index (κ2) is 4.42. The van der Waals surface area contributed by atoms with Gasteiger partial charge in [0.1, 0.15) is 5.82 Å². The molecule has 0 saturated heterocycles. The lowest BCUT2D eigenvalue weighted by molar-refractivity contribution is 0.562. The number of hydrogen-bond acceptors (Lipinski definition) is 3. The van der Waals surface area contributed by atoms with Crippen LogP contribution in [0.1, 0.15) is 22.9 Å². The van der Waals surface area contributed by atoms with Gasteiger partial charge in [0.25, 0.3) is 0 Å². The fourth-order valence-corrected chi connectivity index (χ4v) is 3.08. The summed E-state index contributed by atoms with van der Waals surface area (Å²) >= 11 is 0. The van der Waals surface area contributed by atoms with E-state index in [0.717, 1.165) is 30.1 Å². The predicted octanol–water partition coefficient (Wildman–Crippen LogP) is 2.20. The van der Waals surface area contributed by atoms with Crippen molar-refractivity contribution in [1.29, 1.82) is 0 Å². The fourth-order valence-electron chi connectivity index (χ4n) is 3.08. The molecule has 4 rings (SSSR count). The monoisotopic (exact) mass is 264 g/mol. The lowest BCUT2D eigenvalue weighted by atomic mass is 9.90. The van der Waals surface area contributed by atoms with Crippen LogP contribution in [0.25, 0.3) is 11.2 Å². The van der Waals surface area contributed by atoms with Gasteiger partial charge in [0, 0.05) is 26.3 Å². The Morgan fingerprint density at radius 3 is 3.00 bits per heavy atom. The van der Waals surface area contributed by atoms with Crippen molar-refractivity contribution in [2.45, 2.75) is 12.5 Å². The molecule has 1 aromatic carbocycles. The summed E-state index contributed by atoms with van der Waals surface area (Å²) < 4.78 is 2.16. The third-order valence-electron chi connectivity index (χ3n) is 4.10. The Bertz CT molecular complexity index is 775. The maximum atomic E-state index is 4.75. The first kappa shape index (κ1) is 11.6. The smallest absolute Gasteiger partial charge is 0.177 e. The molecular weight excluding hydrogens is 248 g/mol. The van der Waals surface area contributed by atoms with Gasteiger partial charge < -0.3 is 9.88 Å². The third-order valence-corrected chi connectivity index (χ3v) is 4.10. The van der Waals surface area contributed by atoms with E-state index in [-0.39, 0.29) is 0 Å². The quantitative estimate of drug-likeness (QED) is 0.732. The number of benzene rings is 1. The highest BCUT2D eigenvalue weighted by atomic mass is 15.1. The molecule has 0 amide bonds. The molecule has 4 heteroatoms. The molecule has 3 aromatic rings. The molecule has 3 heterocycles. The summed E-state index contributed by atoms with van der Waals surface area (Å²) in [6.07, 6.45) is 1.80. The normalized spacial score (nSPS) is 18.1. The first-order chi connectivity index (χ1) is 9.84. The Kier molecular flexibility index (Phi) is 2.57. The van der Waals surface area contributed by atoms with Gasteiger partial charge in [0.15, 0.2) is 5.65 Å². The van der Waals surface area contributed by atoms with E-state index in [9.17, 15) is 0 Å². The molecule has 20 heavy (non-hydrogen) atoms. The number of hydrogen-bond donors (Lipinski definition) is 1. The Labute approximate surface area is 117 Å². The molecule has 1 aliphatic heterocycles. The van der Waals surface area contributed by atoms with Crippen LogP contribution >= 0.6 is 0 Å².